The SMILES string of the molecule is Cc1nc(COc2ccc(F)cc2)sc1-c1nc(C2(N)CCC2)no1.Cl. The smallest absolute Gasteiger partial charge is 0.269 e. The van der Waals surface area contributed by atoms with E-state index < -0.39 is 5.54 Å². The monoisotopic (exact) mass is 396 g/mol. The molecular formula is C17H18ClFN4O2S. The van der Waals surface area contributed by atoms with Gasteiger partial charge in [0, 0.05) is 0 Å². The van der Waals surface area contributed by atoms with Gasteiger partial charge < -0.3 is 15.0 Å². The molecule has 2 heterocycles. The zero-order chi connectivity index (χ0) is 17.4. The minimum Gasteiger partial charge on any atom is -0.486 e. The lowest BCUT2D eigenvalue weighted by molar-refractivity contribution is 0.229. The maximum atomic E-state index is 12.9. The number of benzene rings is 1. The molecule has 0 spiro atoms. The van der Waals surface area contributed by atoms with Crippen LogP contribution >= 0.6 is 23.7 Å². The van der Waals surface area contributed by atoms with Crippen molar-refractivity contribution in [1.82, 2.24) is 15.1 Å². The molecule has 1 aliphatic carbocycles. The van der Waals surface area contributed by atoms with Gasteiger partial charge in [-0.15, -0.1) is 23.7 Å². The Balaban J connectivity index is 0.00000196. The first-order valence-electron chi connectivity index (χ1n) is 8.02. The molecule has 1 aromatic carbocycles. The van der Waals surface area contributed by atoms with Crippen molar-refractivity contribution in [3.05, 3.63) is 46.6 Å². The van der Waals surface area contributed by atoms with Crippen LogP contribution in [0.3, 0.4) is 0 Å². The van der Waals surface area contributed by atoms with Gasteiger partial charge in [0.15, 0.2) is 5.82 Å². The largest absolute Gasteiger partial charge is 0.486 e. The summed E-state index contributed by atoms with van der Waals surface area (Å²) in [5, 5.41) is 4.82. The molecule has 0 bridgehead atoms. The molecule has 2 N–H and O–H groups in total. The Morgan fingerprint density at radius 3 is 2.65 bits per heavy atom. The van der Waals surface area contributed by atoms with Crippen LogP contribution in [-0.2, 0) is 12.1 Å². The highest BCUT2D eigenvalue weighted by Crippen LogP contribution is 2.38. The number of halogens is 2. The Morgan fingerprint density at radius 2 is 2.00 bits per heavy atom. The third-order valence-electron chi connectivity index (χ3n) is 4.33. The molecule has 3 aromatic rings. The molecule has 0 amide bonds. The lowest BCUT2D eigenvalue weighted by Crippen LogP contribution is -2.44. The van der Waals surface area contributed by atoms with Crippen molar-refractivity contribution >= 4 is 23.7 Å². The molecule has 4 rings (SSSR count). The Kier molecular flexibility index (Phi) is 5.27. The molecule has 1 aliphatic rings. The first-order valence-corrected chi connectivity index (χ1v) is 8.83. The third kappa shape index (κ3) is 3.58. The van der Waals surface area contributed by atoms with Gasteiger partial charge in [0.2, 0.25) is 0 Å². The van der Waals surface area contributed by atoms with Crippen LogP contribution < -0.4 is 10.5 Å². The van der Waals surface area contributed by atoms with Gasteiger partial charge in [0.25, 0.3) is 5.89 Å². The van der Waals surface area contributed by atoms with Gasteiger partial charge in [-0.1, -0.05) is 5.16 Å². The number of hydrogen-bond acceptors (Lipinski definition) is 7. The number of hydrogen-bond donors (Lipinski definition) is 1. The summed E-state index contributed by atoms with van der Waals surface area (Å²) in [5.41, 5.74) is 6.59. The molecule has 9 heteroatoms. The second kappa shape index (κ2) is 7.30. The van der Waals surface area contributed by atoms with Gasteiger partial charge in [0.05, 0.1) is 11.2 Å². The highest BCUT2D eigenvalue weighted by molar-refractivity contribution is 7.15. The highest BCUT2D eigenvalue weighted by Gasteiger charge is 2.39. The second-order valence-corrected chi connectivity index (χ2v) is 7.28. The van der Waals surface area contributed by atoms with Crippen molar-refractivity contribution in [2.75, 3.05) is 0 Å². The maximum Gasteiger partial charge on any atom is 0.269 e. The van der Waals surface area contributed by atoms with Crippen LogP contribution in [0.5, 0.6) is 5.75 Å². The van der Waals surface area contributed by atoms with Crippen LogP contribution in [0.4, 0.5) is 4.39 Å². The summed E-state index contributed by atoms with van der Waals surface area (Å²) in [6.07, 6.45) is 2.85. The van der Waals surface area contributed by atoms with Crippen LogP contribution in [0, 0.1) is 12.7 Å². The number of aromatic nitrogens is 3. The number of nitrogens with two attached hydrogens (primary N) is 1. The van der Waals surface area contributed by atoms with Crippen molar-refractivity contribution in [1.29, 1.82) is 0 Å². The fourth-order valence-electron chi connectivity index (χ4n) is 2.69. The predicted molar refractivity (Wildman–Crippen MR) is 97.8 cm³/mol. The van der Waals surface area contributed by atoms with Crippen molar-refractivity contribution in [3.8, 4) is 16.5 Å². The van der Waals surface area contributed by atoms with E-state index in [-0.39, 0.29) is 18.2 Å². The number of nitrogens with zero attached hydrogens (tertiary/aromatic N) is 3. The highest BCUT2D eigenvalue weighted by atomic mass is 35.5. The average molecular weight is 397 g/mol. The van der Waals surface area contributed by atoms with E-state index in [2.05, 4.69) is 15.1 Å². The summed E-state index contributed by atoms with van der Waals surface area (Å²) >= 11 is 1.44. The van der Waals surface area contributed by atoms with Crippen LogP contribution in [0.15, 0.2) is 28.8 Å². The summed E-state index contributed by atoms with van der Waals surface area (Å²) < 4.78 is 23.9. The quantitative estimate of drug-likeness (QED) is 0.701. The molecule has 0 aliphatic heterocycles. The molecule has 1 fully saturated rings. The fourth-order valence-corrected chi connectivity index (χ4v) is 3.59. The van der Waals surface area contributed by atoms with E-state index in [0.717, 1.165) is 34.8 Å². The van der Waals surface area contributed by atoms with E-state index in [4.69, 9.17) is 15.0 Å². The van der Waals surface area contributed by atoms with Gasteiger partial charge in [-0.25, -0.2) is 9.37 Å². The normalized spacial score (nSPS) is 15.2. The van der Waals surface area contributed by atoms with Gasteiger partial charge in [-0.2, -0.15) is 4.98 Å². The topological polar surface area (TPSA) is 87.1 Å². The number of rotatable bonds is 5. The average Bonchev–Trinajstić information content (AvgIpc) is 3.19. The van der Waals surface area contributed by atoms with Gasteiger partial charge in [-0.3, -0.25) is 0 Å². The summed E-state index contributed by atoms with van der Waals surface area (Å²) in [7, 11) is 0. The summed E-state index contributed by atoms with van der Waals surface area (Å²) in [6, 6.07) is 5.88. The molecule has 138 valence electrons. The predicted octanol–water partition coefficient (Wildman–Crippen LogP) is 3.98. The Hall–Kier alpha value is -2.03. The second-order valence-electron chi connectivity index (χ2n) is 6.20. The Morgan fingerprint density at radius 1 is 1.27 bits per heavy atom. The van der Waals surface area contributed by atoms with Crippen LogP contribution in [0.1, 0.15) is 35.8 Å². The van der Waals surface area contributed by atoms with Crippen LogP contribution in [0.25, 0.3) is 10.8 Å². The van der Waals surface area contributed by atoms with E-state index >= 15 is 0 Å². The zero-order valence-electron chi connectivity index (χ0n) is 14.1. The minimum atomic E-state index is -0.450. The van der Waals surface area contributed by atoms with Gasteiger partial charge in [0.1, 0.15) is 28.1 Å². The van der Waals surface area contributed by atoms with Crippen molar-refractivity contribution in [2.45, 2.75) is 38.3 Å². The molecule has 1 saturated carbocycles. The molecule has 0 atom stereocenters. The standard InChI is InChI=1S/C17H17FN4O2S.ClH/c1-10-14(15-21-16(22-24-15)17(19)7-2-8-17)25-13(20-10)9-23-12-5-3-11(18)4-6-12;/h3-6H,2,7-9,19H2,1H3;1H. The first-order chi connectivity index (χ1) is 12.0. The van der Waals surface area contributed by atoms with Gasteiger partial charge >= 0.3 is 0 Å². The summed E-state index contributed by atoms with van der Waals surface area (Å²) in [4.78, 5) is 9.77. The van der Waals surface area contributed by atoms with E-state index in [9.17, 15) is 4.39 Å². The van der Waals surface area contributed by atoms with E-state index in [1.165, 1.54) is 23.5 Å². The molecule has 0 unspecified atom stereocenters. The molecule has 6 nitrogen and oxygen atoms in total. The molecule has 0 saturated heterocycles. The van der Waals surface area contributed by atoms with Crippen molar-refractivity contribution < 1.29 is 13.7 Å². The van der Waals surface area contributed by atoms with E-state index in [0.29, 0.717) is 24.1 Å². The van der Waals surface area contributed by atoms with E-state index in [1.807, 2.05) is 6.92 Å². The Labute approximate surface area is 160 Å². The summed E-state index contributed by atoms with van der Waals surface area (Å²) in [6.45, 7) is 2.18. The number of thiazole rings is 1. The molecule has 2 aromatic heterocycles. The van der Waals surface area contributed by atoms with Crippen molar-refractivity contribution in [2.24, 2.45) is 5.73 Å². The lowest BCUT2D eigenvalue weighted by atomic mass is 9.77. The first kappa shape index (κ1) is 18.8. The molecule has 0 radical (unpaired) electrons. The van der Waals surface area contributed by atoms with Crippen LogP contribution in [0.2, 0.25) is 0 Å². The molecule has 26 heavy (non-hydrogen) atoms. The third-order valence-corrected chi connectivity index (χ3v) is 5.45. The zero-order valence-corrected chi connectivity index (χ0v) is 15.7. The Bertz CT molecular complexity index is 893. The fraction of sp³-hybridized carbons (Fsp3) is 0.353. The van der Waals surface area contributed by atoms with E-state index in [1.54, 1.807) is 12.1 Å². The maximum absolute atomic E-state index is 12.9. The molecular weight excluding hydrogens is 379 g/mol. The van der Waals surface area contributed by atoms with Crippen molar-refractivity contribution in [3.63, 3.8) is 0 Å². The minimum absolute atomic E-state index is 0. The van der Waals surface area contributed by atoms with Crippen LogP contribution in [-0.4, -0.2) is 15.1 Å². The number of ether oxygens (including phenoxy) is 1. The van der Waals surface area contributed by atoms with Gasteiger partial charge in [-0.05, 0) is 50.5 Å². The number of aryl methyl sites for hydroxylation is 1. The summed E-state index contributed by atoms with van der Waals surface area (Å²) in [5.74, 6) is 1.29. The lowest BCUT2D eigenvalue weighted by Gasteiger charge is -2.34.